The predicted octanol–water partition coefficient (Wildman–Crippen LogP) is 14.4. The van der Waals surface area contributed by atoms with Crippen LogP contribution in [0.5, 0.6) is 5.75 Å². The van der Waals surface area contributed by atoms with Crippen molar-refractivity contribution in [1.29, 1.82) is 0 Å². The Kier molecular flexibility index (Phi) is 30.8. The smallest absolute Gasteiger partial charge is 0.488 e. The minimum atomic E-state index is -1.34. The number of carbonyl (C=O) groups is 8. The zero-order valence-electron chi connectivity index (χ0n) is 53.6. The molecule has 516 valence electrons. The van der Waals surface area contributed by atoms with Crippen molar-refractivity contribution in [3.8, 4) is 28.0 Å². The number of pyridine rings is 1. The Balaban J connectivity index is 0.000000174. The van der Waals surface area contributed by atoms with Gasteiger partial charge in [-0.15, -0.1) is 0 Å². The van der Waals surface area contributed by atoms with Gasteiger partial charge in [0.25, 0.3) is 29.3 Å². The van der Waals surface area contributed by atoms with E-state index < -0.39 is 48.3 Å². The lowest BCUT2D eigenvalue weighted by atomic mass is 9.81. The summed E-state index contributed by atoms with van der Waals surface area (Å²) in [6.45, 7) is 1.10. The highest BCUT2D eigenvalue weighted by molar-refractivity contribution is 14.1. The monoisotopic (exact) mass is 1740 g/mol. The largest absolute Gasteiger partial charge is 0.505 e. The molecule has 2 aliphatic rings. The van der Waals surface area contributed by atoms with E-state index in [0.717, 1.165) is 56.0 Å². The maximum atomic E-state index is 11.9. The number of ether oxygens (including phenoxy) is 1. The van der Waals surface area contributed by atoms with E-state index in [9.17, 15) is 48.6 Å². The summed E-state index contributed by atoms with van der Waals surface area (Å²) in [5.74, 6) is -4.51. The summed E-state index contributed by atoms with van der Waals surface area (Å²) in [5.41, 5.74) is 15.9. The van der Waals surface area contributed by atoms with E-state index in [0.29, 0.717) is 66.7 Å². The molecular formula is C76H60BCl2I3N6O14. The van der Waals surface area contributed by atoms with E-state index in [2.05, 4.69) is 98.6 Å². The summed E-state index contributed by atoms with van der Waals surface area (Å²) in [5, 5.41) is 57.6. The van der Waals surface area contributed by atoms with Gasteiger partial charge in [0.2, 0.25) is 0 Å². The number of nitrogens with one attached hydrogen (secondary N) is 3. The first-order chi connectivity index (χ1) is 48.9. The first-order valence-corrected chi connectivity index (χ1v) is 34.3. The van der Waals surface area contributed by atoms with Crippen molar-refractivity contribution in [1.82, 2.24) is 4.98 Å². The van der Waals surface area contributed by atoms with Gasteiger partial charge in [0.05, 0.1) is 39.4 Å². The number of nitrogen functional groups attached to an aromatic ring is 1. The van der Waals surface area contributed by atoms with Crippen LogP contribution in [0.3, 0.4) is 0 Å². The fraction of sp³-hybridized carbons (Fsp3) is 0.0526. The number of aromatic hydroxyl groups is 1. The second-order valence-corrected chi connectivity index (χ2v) is 25.8. The van der Waals surface area contributed by atoms with Crippen LogP contribution in [0.4, 0.5) is 22.7 Å². The molecule has 3 heterocycles. The lowest BCUT2D eigenvalue weighted by molar-refractivity contribution is -0.145. The fourth-order valence-electron chi connectivity index (χ4n) is 9.41. The van der Waals surface area contributed by atoms with Crippen LogP contribution in [0, 0.1) is 10.7 Å². The van der Waals surface area contributed by atoms with Gasteiger partial charge in [-0.25, -0.2) is 9.78 Å². The van der Waals surface area contributed by atoms with Crippen LogP contribution in [0.15, 0.2) is 248 Å². The Bertz CT molecular complexity index is 4820. The van der Waals surface area contributed by atoms with Crippen LogP contribution in [0.1, 0.15) is 54.8 Å². The van der Waals surface area contributed by atoms with Crippen molar-refractivity contribution in [2.24, 2.45) is 5.16 Å². The van der Waals surface area contributed by atoms with Crippen LogP contribution >= 0.6 is 91.0 Å². The summed E-state index contributed by atoms with van der Waals surface area (Å²) in [6, 6.07) is 73.2. The SMILES string of the molecule is CC(=O)OCC(=O)Cc1ccc(Cl)cc1.Nc1ccccc1I.O=C(/C=N/O)Nc1ccccc1I.O=C(O)c1c(O)c(Cc2ccc(Cl)cc2)nc2c(-c3ccccc3)cccc12.O=C1Nc2c(I)cccc2C1=O.O=C1Nc2c(cccc2-c2ccccc2)C1=O.OB(O)c1ccccc1. The van der Waals surface area contributed by atoms with Crippen LogP contribution in [-0.4, -0.2) is 97.4 Å². The second kappa shape index (κ2) is 39.7. The predicted molar refractivity (Wildman–Crippen MR) is 422 cm³/mol. The molecule has 0 spiro atoms. The van der Waals surface area contributed by atoms with E-state index in [1.54, 1.807) is 103 Å². The molecule has 3 amide bonds. The molecule has 0 atom stereocenters. The van der Waals surface area contributed by atoms with E-state index >= 15 is 0 Å². The standard InChI is InChI=1S/C23H16ClNO3.C14H9NO2.C11H11ClO3.C8H7IN2O2.C8H4INO2.C6H7BO2.C6H6IN/c24-16-11-9-14(10-12-16)13-19-22(26)20(23(27)28)18-8-4-7-17(21(18)25-19)15-5-2-1-3-6-15;16-13-11-8-4-7-10(12(11)15-14(13)17)9-5-2-1-3-6-9;1-8(13)15-7-11(14)6-9-2-4-10(12)5-3-9;9-6-3-1-2-4-7(6)11-8(12)5-10-13;9-5-3-1-2-4-6(5)10-8(12)7(4)11;8-7(9)6-4-2-1-3-5-6;7-5-3-1-2-4-6(5)8/h1-12,26H,13H2,(H,27,28);1-8H,(H,15,16,17);2-5H,6-7H2,1H3;1-5,13H,(H,11,12);1-3H,(H,10,11,12);1-5,8-9H;1-4H,8H2/b;;;10-5+;;;. The topological polar surface area (TPSA) is 334 Å². The van der Waals surface area contributed by atoms with Crippen LogP contribution < -0.4 is 27.1 Å². The highest BCUT2D eigenvalue weighted by Gasteiger charge is 2.31. The highest BCUT2D eigenvalue weighted by atomic mass is 127. The number of amides is 3. The molecular weight excluding hydrogens is 1680 g/mol. The summed E-state index contributed by atoms with van der Waals surface area (Å²) in [4.78, 5) is 94.3. The third-order valence-electron chi connectivity index (χ3n) is 14.2. The fourth-order valence-corrected chi connectivity index (χ4v) is 11.2. The molecule has 0 saturated heterocycles. The van der Waals surface area contributed by atoms with Crippen molar-refractivity contribution in [2.45, 2.75) is 19.8 Å². The number of benzene rings is 10. The number of carboxylic acid groups (broad SMARTS) is 1. The molecule has 1 aromatic heterocycles. The van der Waals surface area contributed by atoms with Gasteiger partial charge in [0.15, 0.2) is 11.5 Å². The number of carboxylic acids is 1. The number of hydrogen-bond donors (Lipinski definition) is 9. The third kappa shape index (κ3) is 23.4. The molecule has 26 heteroatoms. The Morgan fingerprint density at radius 1 is 0.578 bits per heavy atom. The minimum absolute atomic E-state index is 0.132. The Labute approximate surface area is 636 Å². The molecule has 0 bridgehead atoms. The number of aromatic nitrogens is 1. The molecule has 0 fully saturated rings. The number of nitrogens with two attached hydrogens (primary N) is 1. The van der Waals surface area contributed by atoms with Gasteiger partial charge in [0, 0.05) is 62.7 Å². The van der Waals surface area contributed by atoms with E-state index in [1.165, 1.54) is 6.92 Å². The number of aromatic carboxylic acids is 1. The van der Waals surface area contributed by atoms with Gasteiger partial charge in [-0.3, -0.25) is 33.6 Å². The van der Waals surface area contributed by atoms with E-state index in [-0.39, 0.29) is 30.1 Å². The van der Waals surface area contributed by atoms with Crippen LogP contribution in [0.25, 0.3) is 33.2 Å². The Hall–Kier alpha value is -10.2. The number of nitrogens with zero attached hydrogens (tertiary/aromatic N) is 2. The summed E-state index contributed by atoms with van der Waals surface area (Å²) < 4.78 is 7.52. The van der Waals surface area contributed by atoms with Gasteiger partial charge in [-0.1, -0.05) is 204 Å². The average Bonchev–Trinajstić information content (AvgIpc) is 0.942. The third-order valence-corrected chi connectivity index (χ3v) is 17.6. The Morgan fingerprint density at radius 2 is 1.05 bits per heavy atom. The quantitative estimate of drug-likeness (QED) is 0.00802. The molecule has 2 aliphatic heterocycles. The number of ketones is 3. The molecule has 0 saturated carbocycles. The lowest BCUT2D eigenvalue weighted by Gasteiger charge is -2.13. The van der Waals surface area contributed by atoms with Crippen LogP contribution in [0.2, 0.25) is 10.0 Å². The zero-order valence-corrected chi connectivity index (χ0v) is 61.6. The maximum Gasteiger partial charge on any atom is 0.488 e. The molecule has 11 aromatic rings. The van der Waals surface area contributed by atoms with Crippen molar-refractivity contribution >= 4 is 190 Å². The molecule has 0 radical (unpaired) electrons. The first-order valence-electron chi connectivity index (χ1n) is 30.3. The number of carbonyl (C=O) groups excluding carboxylic acids is 7. The Morgan fingerprint density at radius 3 is 1.56 bits per heavy atom. The molecule has 13 rings (SSSR count). The summed E-state index contributed by atoms with van der Waals surface area (Å²) in [6.07, 6.45) is 1.36. The van der Waals surface area contributed by atoms with Gasteiger partial charge in [-0.05, 0) is 162 Å². The zero-order chi connectivity index (χ0) is 73.8. The number of oxime groups is 1. The normalized spacial score (nSPS) is 11.2. The number of rotatable bonds is 12. The van der Waals surface area contributed by atoms with Crippen molar-refractivity contribution in [3.63, 3.8) is 0 Å². The van der Waals surface area contributed by atoms with Gasteiger partial charge in [-0.2, -0.15) is 0 Å². The molecule has 102 heavy (non-hydrogen) atoms. The first kappa shape index (κ1) is 79.1. The number of hydrogen-bond acceptors (Lipinski definition) is 16. The second-order valence-electron chi connectivity index (χ2n) is 21.4. The van der Waals surface area contributed by atoms with Gasteiger partial charge in [0.1, 0.15) is 18.4 Å². The molecule has 0 aliphatic carbocycles. The lowest BCUT2D eigenvalue weighted by Crippen LogP contribution is -2.29. The number of esters is 1. The van der Waals surface area contributed by atoms with Crippen LogP contribution in [-0.2, 0) is 41.6 Å². The summed E-state index contributed by atoms with van der Waals surface area (Å²) >= 11 is 18.0. The molecule has 0 unspecified atom stereocenters. The number of Topliss-reactive ketones (excluding diaryl/α,β-unsaturated/α-hetero) is 3. The van der Waals surface area contributed by atoms with Crippen molar-refractivity contribution in [3.05, 3.63) is 297 Å². The van der Waals surface area contributed by atoms with Gasteiger partial charge < -0.3 is 51.9 Å². The number of halogens is 5. The maximum absolute atomic E-state index is 11.9. The van der Waals surface area contributed by atoms with Gasteiger partial charge >= 0.3 is 19.1 Å². The summed E-state index contributed by atoms with van der Waals surface area (Å²) in [7, 11) is -1.34. The van der Waals surface area contributed by atoms with Crippen molar-refractivity contribution in [2.75, 3.05) is 28.3 Å². The average molecular weight is 1740 g/mol. The van der Waals surface area contributed by atoms with E-state index in [4.69, 9.17) is 44.2 Å². The van der Waals surface area contributed by atoms with E-state index in [1.807, 2.05) is 140 Å². The molecule has 10 N–H and O–H groups in total. The highest BCUT2D eigenvalue weighted by Crippen LogP contribution is 2.37. The van der Waals surface area contributed by atoms with Crippen molar-refractivity contribution < 1.29 is 68.6 Å². The number of anilines is 4. The number of fused-ring (bicyclic) bond motifs is 3. The minimum Gasteiger partial charge on any atom is -0.505 e. The molecule has 20 nitrogen and oxygen atoms in total. The molecule has 10 aromatic carbocycles. The number of para-hydroxylation sites is 5.